The van der Waals surface area contributed by atoms with E-state index in [0.29, 0.717) is 28.9 Å². The monoisotopic (exact) mass is 806 g/mol. The molecular formula is C39H43ClN6O9S. The Kier molecular flexibility index (Phi) is 12.9. The van der Waals surface area contributed by atoms with E-state index < -0.39 is 31.1 Å². The summed E-state index contributed by atoms with van der Waals surface area (Å²) < 4.78 is 18.7. The van der Waals surface area contributed by atoms with Crippen molar-refractivity contribution >= 4 is 56.7 Å². The third-order valence-electron chi connectivity index (χ3n) is 9.66. The molecular weight excluding hydrogens is 764 g/mol. The topological polar surface area (TPSA) is 219 Å². The average molecular weight is 807 g/mol. The second-order valence-electron chi connectivity index (χ2n) is 13.3. The number of fused-ring (bicyclic) bond motifs is 2. The fourth-order valence-electron chi connectivity index (χ4n) is 6.79. The maximum atomic E-state index is 13.6. The number of ketones is 1. The van der Waals surface area contributed by atoms with Crippen molar-refractivity contribution in [3.8, 4) is 33.6 Å². The molecule has 0 bridgehead atoms. The number of phenols is 2. The number of thiophene rings is 1. The zero-order chi connectivity index (χ0) is 38.6. The van der Waals surface area contributed by atoms with Crippen molar-refractivity contribution in [1.82, 2.24) is 24.4 Å². The zero-order valence-electron chi connectivity index (χ0n) is 30.4. The third kappa shape index (κ3) is 8.51. The van der Waals surface area contributed by atoms with Crippen molar-refractivity contribution in [2.24, 2.45) is 0 Å². The second kappa shape index (κ2) is 17.8. The van der Waals surface area contributed by atoms with Gasteiger partial charge in [-0.05, 0) is 98.2 Å². The van der Waals surface area contributed by atoms with Crippen LogP contribution in [0.5, 0.6) is 23.1 Å². The summed E-state index contributed by atoms with van der Waals surface area (Å²) in [6.45, 7) is 3.43. The number of nitrogens with two attached hydrogens (primary N) is 1. The van der Waals surface area contributed by atoms with E-state index in [9.17, 15) is 25.2 Å². The van der Waals surface area contributed by atoms with Gasteiger partial charge in [0.1, 0.15) is 42.2 Å². The number of halogens is 1. The molecule has 2 saturated heterocycles. The Bertz CT molecular complexity index is 2260. The lowest BCUT2D eigenvalue weighted by Gasteiger charge is -2.26. The zero-order valence-corrected chi connectivity index (χ0v) is 32.0. The molecule has 17 heteroatoms. The maximum Gasteiger partial charge on any atom is 0.246 e. The van der Waals surface area contributed by atoms with Crippen LogP contribution in [0.1, 0.15) is 41.4 Å². The van der Waals surface area contributed by atoms with Crippen molar-refractivity contribution in [2.45, 2.75) is 43.8 Å². The minimum atomic E-state index is -1.23. The summed E-state index contributed by atoms with van der Waals surface area (Å²) in [6.07, 6.45) is 0.952. The van der Waals surface area contributed by atoms with Gasteiger partial charge in [-0.25, -0.2) is 4.98 Å². The molecule has 296 valence electrons. The number of nitrogen functional groups attached to an aromatic ring is 1. The number of likely N-dealkylation sites (tertiary alicyclic amines) is 1. The Morgan fingerprint density at radius 3 is 2.36 bits per heavy atom. The molecule has 0 unspecified atom stereocenters. The second-order valence-corrected chi connectivity index (χ2v) is 14.3. The van der Waals surface area contributed by atoms with E-state index in [1.54, 1.807) is 42.5 Å². The first-order valence-corrected chi connectivity index (χ1v) is 18.7. The highest BCUT2D eigenvalue weighted by Gasteiger charge is 2.44. The van der Waals surface area contributed by atoms with Crippen LogP contribution in [0.25, 0.3) is 31.7 Å². The number of anilines is 1. The number of nitrogens with zero attached hydrogens (tertiary/aromatic N) is 5. The largest absolute Gasteiger partial charge is 0.508 e. The third-order valence-corrected chi connectivity index (χ3v) is 10.9. The quantitative estimate of drug-likeness (QED) is 0.105. The van der Waals surface area contributed by atoms with Gasteiger partial charge in [-0.1, -0.05) is 6.42 Å². The van der Waals surface area contributed by atoms with Crippen LogP contribution in [-0.2, 0) is 4.74 Å². The first-order valence-electron chi connectivity index (χ1n) is 17.9. The van der Waals surface area contributed by atoms with Crippen molar-refractivity contribution in [3.05, 3.63) is 84.2 Å². The molecule has 5 heterocycles. The lowest BCUT2D eigenvalue weighted by molar-refractivity contribution is -0.0511. The smallest absolute Gasteiger partial charge is 0.246 e. The molecule has 8 rings (SSSR count). The number of hydrogen-bond donors (Lipinski definition) is 6. The minimum absolute atomic E-state index is 0. The van der Waals surface area contributed by atoms with Gasteiger partial charge in [0, 0.05) is 32.6 Å². The number of phenolic OH excluding ortho intramolecular Hbond substituents is 2. The number of carbonyl (C=O) groups is 1. The number of carbonyl (C=O) groups excluding carboxylic acids is 1. The first-order chi connectivity index (χ1) is 26.6. The van der Waals surface area contributed by atoms with Crippen LogP contribution in [-0.4, -0.2) is 114 Å². The number of hydrogen-bond acceptors (Lipinski definition) is 15. The fraction of sp³-hybridized carbons (Fsp3) is 0.333. The van der Waals surface area contributed by atoms with Crippen LogP contribution in [0.15, 0.2) is 73.1 Å². The normalized spacial score (nSPS) is 19.6. The Balaban J connectivity index is 0.000000208. The Morgan fingerprint density at radius 2 is 1.68 bits per heavy atom. The van der Waals surface area contributed by atoms with E-state index in [0.717, 1.165) is 45.9 Å². The van der Waals surface area contributed by atoms with Gasteiger partial charge in [0.05, 0.1) is 20.0 Å². The molecule has 0 saturated carbocycles. The van der Waals surface area contributed by atoms with E-state index in [4.69, 9.17) is 25.1 Å². The number of aliphatic hydroxyl groups excluding tert-OH is 3. The number of rotatable bonds is 10. The molecule has 3 aromatic carbocycles. The molecule has 0 radical (unpaired) electrons. The average Bonchev–Trinajstić information content (AvgIpc) is 3.88. The molecule has 3 aromatic heterocycles. The van der Waals surface area contributed by atoms with Crippen LogP contribution in [0, 0.1) is 0 Å². The molecule has 4 atom stereocenters. The van der Waals surface area contributed by atoms with Crippen LogP contribution in [0.3, 0.4) is 0 Å². The summed E-state index contributed by atoms with van der Waals surface area (Å²) in [5.74, 6) is 1.19. The van der Waals surface area contributed by atoms with Gasteiger partial charge < -0.3 is 45.5 Å². The number of piperidine rings is 1. The van der Waals surface area contributed by atoms with Gasteiger partial charge in [0.25, 0.3) is 0 Å². The summed E-state index contributed by atoms with van der Waals surface area (Å²) in [5, 5.41) is 49.4. The molecule has 0 aliphatic carbocycles. The lowest BCUT2D eigenvalue weighted by atomic mass is 9.97. The minimum Gasteiger partial charge on any atom is -0.508 e. The summed E-state index contributed by atoms with van der Waals surface area (Å²) in [7, 11) is 1.42. The summed E-state index contributed by atoms with van der Waals surface area (Å²) >= 11 is 1.46. The van der Waals surface area contributed by atoms with Gasteiger partial charge in [0.15, 0.2) is 23.2 Å². The fourth-order valence-corrected chi connectivity index (χ4v) is 8.03. The Morgan fingerprint density at radius 1 is 0.964 bits per heavy atom. The highest BCUT2D eigenvalue weighted by Crippen LogP contribution is 2.41. The van der Waals surface area contributed by atoms with E-state index >= 15 is 0 Å². The van der Waals surface area contributed by atoms with E-state index in [2.05, 4.69) is 19.9 Å². The predicted molar refractivity (Wildman–Crippen MR) is 213 cm³/mol. The first kappa shape index (κ1) is 40.6. The molecule has 56 heavy (non-hydrogen) atoms. The predicted octanol–water partition coefficient (Wildman–Crippen LogP) is 4.53. The number of benzene rings is 3. The number of imidazole rings is 1. The van der Waals surface area contributed by atoms with Gasteiger partial charge >= 0.3 is 0 Å². The molecule has 2 aliphatic heterocycles. The van der Waals surface area contributed by atoms with Gasteiger partial charge in [-0.3, -0.25) is 14.3 Å². The van der Waals surface area contributed by atoms with Crippen LogP contribution < -0.4 is 15.2 Å². The van der Waals surface area contributed by atoms with E-state index in [-0.39, 0.29) is 41.5 Å². The number of aromatic nitrogens is 4. The van der Waals surface area contributed by atoms with Crippen LogP contribution in [0.4, 0.5) is 5.95 Å². The molecule has 6 aromatic rings. The Labute approximate surface area is 332 Å². The van der Waals surface area contributed by atoms with Gasteiger partial charge in [0.2, 0.25) is 11.8 Å². The molecule has 7 N–H and O–H groups in total. The number of aromatic hydroxyl groups is 2. The summed E-state index contributed by atoms with van der Waals surface area (Å²) in [4.78, 5) is 29.0. The molecule has 2 fully saturated rings. The SMILES string of the molecule is COc1nc(N)nc2c1ncn2[C@@H]1O[C@H](CO)[C@@H](O)[C@@H]1O.Cl.O=C(c1ccc(OCCN2CCCCC2)cc1)c1c(-c2ccc(O)cc2)sc2cc(O)ccc12. The van der Waals surface area contributed by atoms with Crippen LogP contribution >= 0.6 is 23.7 Å². The molecule has 2 aliphatic rings. The maximum absolute atomic E-state index is 13.6. The summed E-state index contributed by atoms with van der Waals surface area (Å²) in [6, 6.07) is 19.2. The lowest BCUT2D eigenvalue weighted by Crippen LogP contribution is -2.33. The number of ether oxygens (including phenoxy) is 3. The van der Waals surface area contributed by atoms with Crippen molar-refractivity contribution in [2.75, 3.05) is 45.7 Å². The van der Waals surface area contributed by atoms with E-state index in [1.165, 1.54) is 48.6 Å². The van der Waals surface area contributed by atoms with Crippen molar-refractivity contribution < 1.29 is 44.5 Å². The number of methoxy groups -OCH3 is 1. The Hall–Kier alpha value is -5.07. The molecule has 0 amide bonds. The number of aliphatic hydroxyl groups is 3. The van der Waals surface area contributed by atoms with Crippen molar-refractivity contribution in [1.29, 1.82) is 0 Å². The molecule has 0 spiro atoms. The molecule has 15 nitrogen and oxygen atoms in total. The van der Waals surface area contributed by atoms with Crippen LogP contribution in [0.2, 0.25) is 0 Å². The summed E-state index contributed by atoms with van der Waals surface area (Å²) in [5.41, 5.74) is 8.29. The highest BCUT2D eigenvalue weighted by molar-refractivity contribution is 7.22. The van der Waals surface area contributed by atoms with Crippen molar-refractivity contribution in [3.63, 3.8) is 0 Å². The highest BCUT2D eigenvalue weighted by atomic mass is 35.5. The van der Waals surface area contributed by atoms with Gasteiger partial charge in [-0.15, -0.1) is 23.7 Å². The standard InChI is InChI=1S/C28H27NO4S.C11H15N5O5.ClH/c30-21-8-4-20(5-9-21)28-26(24-13-10-22(31)18-25(24)34-28)27(32)19-6-11-23(12-7-19)33-17-16-29-14-2-1-3-15-29;1-20-9-5-8(14-11(12)15-9)16(3-13-5)10-7(19)6(18)4(2-17)21-10;/h4-13,18,30-31H,1-3,14-17H2;3-4,6-7,10,17-19H,2H2,1H3,(H2,12,14,15);1H/t;4-,6-,7+,10-;/m.1./s1. The van der Waals surface area contributed by atoms with E-state index in [1.807, 2.05) is 24.3 Å². The van der Waals surface area contributed by atoms with Gasteiger partial charge in [-0.2, -0.15) is 9.97 Å².